The summed E-state index contributed by atoms with van der Waals surface area (Å²) < 4.78 is 51.4. The second-order valence-electron chi connectivity index (χ2n) is 6.01. The van der Waals surface area contributed by atoms with Crippen LogP contribution < -0.4 is 5.32 Å². The number of hydrogen-bond donors (Lipinski definition) is 2. The van der Waals surface area contributed by atoms with Gasteiger partial charge in [-0.1, -0.05) is 22.9 Å². The molecule has 0 spiro atoms. The largest absolute Gasteiger partial charge is 0.418 e. The molecule has 0 aliphatic heterocycles. The molecule has 1 heterocycles. The Balaban J connectivity index is 1.99. The van der Waals surface area contributed by atoms with E-state index in [4.69, 9.17) is 11.6 Å². The molecule has 6 nitrogen and oxygen atoms in total. The quantitative estimate of drug-likeness (QED) is 0.715. The van der Waals surface area contributed by atoms with Crippen LogP contribution in [0.4, 0.5) is 27.5 Å². The lowest BCUT2D eigenvalue weighted by molar-refractivity contribution is -0.254. The smallest absolute Gasteiger partial charge is 0.379 e. The summed E-state index contributed by atoms with van der Waals surface area (Å²) in [5.41, 5.74) is -2.51. The van der Waals surface area contributed by atoms with E-state index in [1.807, 2.05) is 0 Å². The molecule has 0 saturated heterocycles. The molecule has 0 aliphatic carbocycles. The third kappa shape index (κ3) is 5.75. The van der Waals surface area contributed by atoms with Crippen LogP contribution in [0, 0.1) is 5.82 Å². The second kappa shape index (κ2) is 7.95. The number of carbonyl (C=O) groups is 1. The number of urea groups is 1. The van der Waals surface area contributed by atoms with Crippen molar-refractivity contribution in [3.05, 3.63) is 39.6 Å². The highest BCUT2D eigenvalue weighted by Crippen LogP contribution is 2.30. The van der Waals surface area contributed by atoms with Gasteiger partial charge in [-0.15, -0.1) is 10.2 Å². The number of nitrogens with one attached hydrogen (secondary N) is 1. The molecule has 1 aromatic heterocycles. The molecule has 27 heavy (non-hydrogen) atoms. The molecule has 12 heteroatoms. The van der Waals surface area contributed by atoms with Crippen molar-refractivity contribution in [2.45, 2.75) is 25.1 Å². The Morgan fingerprint density at radius 1 is 1.33 bits per heavy atom. The highest BCUT2D eigenvalue weighted by molar-refractivity contribution is 7.15. The van der Waals surface area contributed by atoms with Gasteiger partial charge in [-0.3, -0.25) is 5.32 Å². The van der Waals surface area contributed by atoms with E-state index in [-0.39, 0.29) is 16.6 Å². The van der Waals surface area contributed by atoms with Gasteiger partial charge in [0.25, 0.3) is 0 Å². The molecular weight excluding hydrogens is 412 g/mol. The number of carbonyl (C=O) groups excluding carboxylic acids is 1. The average Bonchev–Trinajstić information content (AvgIpc) is 2.91. The van der Waals surface area contributed by atoms with Gasteiger partial charge < -0.3 is 10.0 Å². The zero-order chi connectivity index (χ0) is 20.4. The van der Waals surface area contributed by atoms with Crippen LogP contribution in [0.5, 0.6) is 0 Å². The van der Waals surface area contributed by atoms with Crippen molar-refractivity contribution in [1.29, 1.82) is 0 Å². The van der Waals surface area contributed by atoms with Crippen LogP contribution in [0.2, 0.25) is 5.02 Å². The molecule has 0 fully saturated rings. The zero-order valence-corrected chi connectivity index (χ0v) is 15.7. The summed E-state index contributed by atoms with van der Waals surface area (Å²) in [6.07, 6.45) is -4.67. The number of benzene rings is 1. The predicted molar refractivity (Wildman–Crippen MR) is 92.5 cm³/mol. The predicted octanol–water partition coefficient (Wildman–Crippen LogP) is 3.70. The standard InChI is InChI=1S/C15H15ClF4N4O2S/c1-14(26,15(18,19)20)7-24(2)13(25)21-12-23-22-11(27-12)5-8-3-9(16)6-10(17)4-8/h3-4,6,26H,5,7H2,1-2H3,(H,21,23,25). The molecule has 2 aromatic rings. The van der Waals surface area contributed by atoms with Crippen molar-refractivity contribution in [3.63, 3.8) is 0 Å². The van der Waals surface area contributed by atoms with E-state index < -0.39 is 30.2 Å². The number of likely N-dealkylation sites (N-methyl/N-ethyl adjacent to an activating group) is 1. The number of aliphatic hydroxyl groups is 1. The van der Waals surface area contributed by atoms with E-state index in [9.17, 15) is 27.5 Å². The molecule has 2 rings (SSSR count). The molecule has 2 N–H and O–H groups in total. The van der Waals surface area contributed by atoms with Crippen molar-refractivity contribution in [2.75, 3.05) is 18.9 Å². The zero-order valence-electron chi connectivity index (χ0n) is 14.1. The molecule has 0 radical (unpaired) electrons. The van der Waals surface area contributed by atoms with Crippen LogP contribution in [0.25, 0.3) is 0 Å². The summed E-state index contributed by atoms with van der Waals surface area (Å²) in [5.74, 6) is -0.506. The summed E-state index contributed by atoms with van der Waals surface area (Å²) in [6, 6.07) is 3.09. The lowest BCUT2D eigenvalue weighted by Crippen LogP contribution is -2.52. The lowest BCUT2D eigenvalue weighted by atomic mass is 10.1. The average molecular weight is 427 g/mol. The molecule has 0 saturated carbocycles. The minimum atomic E-state index is -4.89. The summed E-state index contributed by atoms with van der Waals surface area (Å²) in [5, 5.41) is 20.0. The summed E-state index contributed by atoms with van der Waals surface area (Å²) in [7, 11) is 1.10. The molecule has 0 aliphatic rings. The van der Waals surface area contributed by atoms with Gasteiger partial charge in [-0.25, -0.2) is 9.18 Å². The van der Waals surface area contributed by atoms with E-state index in [1.165, 1.54) is 6.07 Å². The van der Waals surface area contributed by atoms with Gasteiger partial charge in [-0.05, 0) is 30.7 Å². The van der Waals surface area contributed by atoms with Gasteiger partial charge in [0, 0.05) is 18.5 Å². The van der Waals surface area contributed by atoms with Crippen LogP contribution in [0.3, 0.4) is 0 Å². The number of rotatable bonds is 5. The van der Waals surface area contributed by atoms with Crippen LogP contribution >= 0.6 is 22.9 Å². The van der Waals surface area contributed by atoms with E-state index in [1.54, 1.807) is 6.07 Å². The summed E-state index contributed by atoms with van der Waals surface area (Å²) >= 11 is 6.75. The van der Waals surface area contributed by atoms with Crippen molar-refractivity contribution < 1.29 is 27.5 Å². The number of alkyl halides is 3. The fraction of sp³-hybridized carbons (Fsp3) is 0.400. The van der Waals surface area contributed by atoms with Gasteiger partial charge in [0.2, 0.25) is 5.13 Å². The second-order valence-corrected chi connectivity index (χ2v) is 7.51. The fourth-order valence-corrected chi connectivity index (χ4v) is 3.08. The summed E-state index contributed by atoms with van der Waals surface area (Å²) in [4.78, 5) is 12.7. The topological polar surface area (TPSA) is 78.4 Å². The van der Waals surface area contributed by atoms with E-state index in [0.717, 1.165) is 24.5 Å². The monoisotopic (exact) mass is 426 g/mol. The molecule has 1 aromatic carbocycles. The normalized spacial score (nSPS) is 13.9. The van der Waals surface area contributed by atoms with E-state index in [0.29, 0.717) is 22.4 Å². The minimum absolute atomic E-state index is 0.0519. The lowest BCUT2D eigenvalue weighted by Gasteiger charge is -2.30. The van der Waals surface area contributed by atoms with Crippen LogP contribution in [-0.2, 0) is 6.42 Å². The van der Waals surface area contributed by atoms with Crippen molar-refractivity contribution >= 4 is 34.1 Å². The first-order valence-electron chi connectivity index (χ1n) is 7.46. The number of hydrogen-bond acceptors (Lipinski definition) is 5. The molecule has 148 valence electrons. The number of amides is 2. The highest BCUT2D eigenvalue weighted by Gasteiger charge is 2.50. The van der Waals surface area contributed by atoms with Crippen molar-refractivity contribution in [2.24, 2.45) is 0 Å². The Bertz CT molecular complexity index is 808. The summed E-state index contributed by atoms with van der Waals surface area (Å²) in [6.45, 7) is -0.389. The number of halogens is 5. The van der Waals surface area contributed by atoms with E-state index >= 15 is 0 Å². The van der Waals surface area contributed by atoms with Gasteiger partial charge >= 0.3 is 12.2 Å². The molecule has 1 unspecified atom stereocenters. The Morgan fingerprint density at radius 3 is 2.59 bits per heavy atom. The Labute approximate surface area is 160 Å². The maximum absolute atomic E-state index is 13.3. The number of aromatic nitrogens is 2. The first-order valence-corrected chi connectivity index (χ1v) is 8.65. The Kier molecular flexibility index (Phi) is 6.28. The molecule has 1 atom stereocenters. The first kappa shape index (κ1) is 21.3. The Morgan fingerprint density at radius 2 is 2.00 bits per heavy atom. The van der Waals surface area contributed by atoms with Crippen LogP contribution in [0.15, 0.2) is 18.2 Å². The third-order valence-corrected chi connectivity index (χ3v) is 4.52. The fourth-order valence-electron chi connectivity index (χ4n) is 2.07. The van der Waals surface area contributed by atoms with E-state index in [2.05, 4.69) is 15.5 Å². The van der Waals surface area contributed by atoms with Crippen LogP contribution in [-0.4, -0.2) is 51.6 Å². The van der Waals surface area contributed by atoms with Gasteiger partial charge in [-0.2, -0.15) is 13.2 Å². The maximum Gasteiger partial charge on any atom is 0.418 e. The van der Waals surface area contributed by atoms with Crippen molar-refractivity contribution in [1.82, 2.24) is 15.1 Å². The molecule has 0 bridgehead atoms. The Hall–Kier alpha value is -1.98. The van der Waals surface area contributed by atoms with Crippen molar-refractivity contribution in [3.8, 4) is 0 Å². The number of anilines is 1. The molecular formula is C15H15ClF4N4O2S. The maximum atomic E-state index is 13.3. The third-order valence-electron chi connectivity index (χ3n) is 3.46. The van der Waals surface area contributed by atoms with Gasteiger partial charge in [0.1, 0.15) is 10.8 Å². The van der Waals surface area contributed by atoms with Gasteiger partial charge in [0.15, 0.2) is 5.60 Å². The van der Waals surface area contributed by atoms with Gasteiger partial charge in [0.05, 0.1) is 6.54 Å². The highest BCUT2D eigenvalue weighted by atomic mass is 35.5. The SMILES string of the molecule is CN(CC(C)(O)C(F)(F)F)C(=O)Nc1nnc(Cc2cc(F)cc(Cl)c2)s1. The minimum Gasteiger partial charge on any atom is -0.379 e. The number of nitrogens with zero attached hydrogens (tertiary/aromatic N) is 3. The molecule has 2 amide bonds. The van der Waals surface area contributed by atoms with Crippen LogP contribution in [0.1, 0.15) is 17.5 Å². The first-order chi connectivity index (χ1) is 12.4.